The molecule has 2 aromatic heterocycles. The average Bonchev–Trinajstić information content (AvgIpc) is 4.42. The molecule has 2 nitrogen and oxygen atoms in total. The summed E-state index contributed by atoms with van der Waals surface area (Å²) in [6, 6.07) is 102. The summed E-state index contributed by atoms with van der Waals surface area (Å²) < 4.78 is 5.01. The number of nitrogens with one attached hydrogen (secondary N) is 1. The monoisotopic (exact) mass is 998 g/mol. The summed E-state index contributed by atoms with van der Waals surface area (Å²) in [5.74, 6) is 0. The van der Waals surface area contributed by atoms with E-state index in [9.17, 15) is 0 Å². The fourth-order valence-corrected chi connectivity index (χ4v) is 14.0. The van der Waals surface area contributed by atoms with E-state index in [4.69, 9.17) is 0 Å². The molecule has 3 heteroatoms. The van der Waals surface area contributed by atoms with Crippen molar-refractivity contribution in [1.82, 2.24) is 4.57 Å². The van der Waals surface area contributed by atoms with Gasteiger partial charge in [0, 0.05) is 48.0 Å². The van der Waals surface area contributed by atoms with Crippen LogP contribution in [0.4, 0.5) is 11.4 Å². The first kappa shape index (κ1) is 44.9. The molecular weight excluding hydrogens is 949 g/mol. The minimum Gasteiger partial charge on any atom is -0.356 e. The number of nitrogens with zero attached hydrogens (tertiary/aromatic N) is 1. The molecular formula is C74H50N2S. The maximum absolute atomic E-state index is 3.62. The number of fused-ring (bicyclic) bond motifs is 16. The second-order valence-corrected chi connectivity index (χ2v) is 21.5. The Hall–Kier alpha value is -9.54. The highest BCUT2D eigenvalue weighted by Crippen LogP contribution is 2.63. The first-order valence-corrected chi connectivity index (χ1v) is 27.4. The fraction of sp³-hybridized carbons (Fsp3) is 0.0270. The highest BCUT2D eigenvalue weighted by atomic mass is 32.1. The largest absolute Gasteiger partial charge is 0.356 e. The molecule has 2 aliphatic rings. The Labute approximate surface area is 452 Å². The summed E-state index contributed by atoms with van der Waals surface area (Å²) in [7, 11) is 0. The Morgan fingerprint density at radius 3 is 1.42 bits per heavy atom. The standard InChI is InChI=1S/C48H32N2S.C26H18/c1-3-10-32(11-4-1)35-22-28-46-42(30-35)43-31-36(23-29-47(43)51-46)33-18-24-37(25-19-33)49-38-26-20-34(21-27-38)40-15-9-17-45-48(40)41-14-7-8-16-44(41)50(45)39-12-5-2-6-13-39;1-17-9-8-13-21-20-12-4-7-16-24(20)26(25(17)21)22-14-5-2-10-18(22)19-11-3-6-15-23(19)26/h1-31,49H;2-16H,1H3. The van der Waals surface area contributed by atoms with Gasteiger partial charge in [-0.15, -0.1) is 11.3 Å². The van der Waals surface area contributed by atoms with Crippen LogP contribution in [0.2, 0.25) is 0 Å². The van der Waals surface area contributed by atoms with Crippen LogP contribution >= 0.6 is 11.3 Å². The lowest BCUT2D eigenvalue weighted by molar-refractivity contribution is 0.786. The van der Waals surface area contributed by atoms with E-state index in [2.05, 4.69) is 296 Å². The van der Waals surface area contributed by atoms with Crippen LogP contribution in [0.1, 0.15) is 27.8 Å². The predicted octanol–water partition coefficient (Wildman–Crippen LogP) is 20.2. The van der Waals surface area contributed by atoms with E-state index in [-0.39, 0.29) is 5.41 Å². The second-order valence-electron chi connectivity index (χ2n) is 20.4. The van der Waals surface area contributed by atoms with Crippen molar-refractivity contribution >= 4 is 64.7 Å². The van der Waals surface area contributed by atoms with Crippen molar-refractivity contribution in [1.29, 1.82) is 0 Å². The molecule has 12 aromatic carbocycles. The quantitative estimate of drug-likeness (QED) is 0.176. The molecule has 0 unspecified atom stereocenters. The van der Waals surface area contributed by atoms with Gasteiger partial charge in [-0.05, 0) is 163 Å². The van der Waals surface area contributed by atoms with Crippen molar-refractivity contribution in [2.45, 2.75) is 12.3 Å². The van der Waals surface area contributed by atoms with E-state index in [1.165, 1.54) is 131 Å². The predicted molar refractivity (Wildman–Crippen MR) is 327 cm³/mol. The van der Waals surface area contributed by atoms with Gasteiger partial charge in [0.1, 0.15) is 0 Å². The minimum absolute atomic E-state index is 0.190. The molecule has 0 saturated heterocycles. The smallest absolute Gasteiger partial charge is 0.0728 e. The van der Waals surface area contributed by atoms with Gasteiger partial charge in [-0.2, -0.15) is 0 Å². The number of aromatic nitrogens is 1. The summed E-state index contributed by atoms with van der Waals surface area (Å²) in [6.07, 6.45) is 0. The molecule has 0 fully saturated rings. The van der Waals surface area contributed by atoms with E-state index >= 15 is 0 Å². The normalized spacial score (nSPS) is 12.6. The summed E-state index contributed by atoms with van der Waals surface area (Å²) in [4.78, 5) is 0. The van der Waals surface area contributed by atoms with Crippen molar-refractivity contribution in [2.24, 2.45) is 0 Å². The molecule has 77 heavy (non-hydrogen) atoms. The van der Waals surface area contributed by atoms with Gasteiger partial charge >= 0.3 is 0 Å². The zero-order valence-electron chi connectivity index (χ0n) is 42.4. The van der Waals surface area contributed by atoms with Crippen LogP contribution in [-0.4, -0.2) is 4.57 Å². The molecule has 2 heterocycles. The van der Waals surface area contributed by atoms with Crippen LogP contribution in [0.5, 0.6) is 0 Å². The summed E-state index contributed by atoms with van der Waals surface area (Å²) >= 11 is 1.86. The third-order valence-electron chi connectivity index (χ3n) is 16.2. The number of anilines is 2. The van der Waals surface area contributed by atoms with Crippen LogP contribution in [0.3, 0.4) is 0 Å². The highest BCUT2D eigenvalue weighted by Gasteiger charge is 2.52. The Morgan fingerprint density at radius 1 is 0.338 bits per heavy atom. The number of para-hydroxylation sites is 2. The maximum atomic E-state index is 3.62. The Balaban J connectivity index is 0.000000166. The molecule has 0 atom stereocenters. The van der Waals surface area contributed by atoms with Crippen LogP contribution in [0.15, 0.2) is 279 Å². The summed E-state index contributed by atoms with van der Waals surface area (Å²) in [5, 5.41) is 8.79. The highest BCUT2D eigenvalue weighted by molar-refractivity contribution is 7.25. The number of aryl methyl sites for hydroxylation is 1. The first-order valence-electron chi connectivity index (χ1n) is 26.6. The minimum atomic E-state index is -0.190. The third kappa shape index (κ3) is 7.15. The zero-order valence-corrected chi connectivity index (χ0v) is 43.2. The molecule has 2 aliphatic carbocycles. The summed E-state index contributed by atoms with van der Waals surface area (Å²) in [6.45, 7) is 2.26. The van der Waals surface area contributed by atoms with Gasteiger partial charge in [0.05, 0.1) is 16.4 Å². The number of benzene rings is 12. The van der Waals surface area contributed by atoms with Crippen molar-refractivity contribution in [2.75, 3.05) is 5.32 Å². The van der Waals surface area contributed by atoms with Gasteiger partial charge in [0.2, 0.25) is 0 Å². The molecule has 14 aromatic rings. The zero-order chi connectivity index (χ0) is 51.0. The third-order valence-corrected chi connectivity index (χ3v) is 17.4. The molecule has 0 amide bonds. The van der Waals surface area contributed by atoms with Crippen molar-refractivity contribution < 1.29 is 0 Å². The van der Waals surface area contributed by atoms with E-state index in [1.807, 2.05) is 11.3 Å². The van der Waals surface area contributed by atoms with Crippen LogP contribution in [0, 0.1) is 6.92 Å². The lowest BCUT2D eigenvalue weighted by atomic mass is 9.69. The molecule has 1 N–H and O–H groups in total. The van der Waals surface area contributed by atoms with Gasteiger partial charge in [-0.1, -0.05) is 206 Å². The summed E-state index contributed by atoms with van der Waals surface area (Å²) in [5.41, 5.74) is 25.5. The van der Waals surface area contributed by atoms with Crippen LogP contribution in [-0.2, 0) is 5.41 Å². The lowest BCUT2D eigenvalue weighted by Crippen LogP contribution is -2.26. The van der Waals surface area contributed by atoms with E-state index < -0.39 is 0 Å². The maximum Gasteiger partial charge on any atom is 0.0728 e. The molecule has 0 aliphatic heterocycles. The Morgan fingerprint density at radius 2 is 0.792 bits per heavy atom. The molecule has 362 valence electrons. The van der Waals surface area contributed by atoms with Crippen molar-refractivity contribution in [3.05, 3.63) is 307 Å². The Bertz CT molecular complexity index is 4520. The number of hydrogen-bond acceptors (Lipinski definition) is 2. The molecule has 0 radical (unpaired) electrons. The average molecular weight is 999 g/mol. The van der Waals surface area contributed by atoms with Crippen LogP contribution < -0.4 is 5.32 Å². The van der Waals surface area contributed by atoms with Crippen molar-refractivity contribution in [3.63, 3.8) is 0 Å². The molecule has 0 bridgehead atoms. The van der Waals surface area contributed by atoms with E-state index in [0.29, 0.717) is 0 Å². The number of rotatable bonds is 6. The number of thiophene rings is 1. The van der Waals surface area contributed by atoms with Gasteiger partial charge < -0.3 is 9.88 Å². The van der Waals surface area contributed by atoms with Gasteiger partial charge in [-0.3, -0.25) is 0 Å². The van der Waals surface area contributed by atoms with E-state index in [1.54, 1.807) is 0 Å². The Kier molecular flexibility index (Phi) is 10.6. The number of hydrogen-bond donors (Lipinski definition) is 1. The van der Waals surface area contributed by atoms with Gasteiger partial charge in [-0.25, -0.2) is 0 Å². The van der Waals surface area contributed by atoms with Crippen molar-refractivity contribution in [3.8, 4) is 61.3 Å². The second kappa shape index (κ2) is 18.1. The fourth-order valence-electron chi connectivity index (χ4n) is 12.9. The van der Waals surface area contributed by atoms with E-state index in [0.717, 1.165) is 11.4 Å². The SMILES string of the molecule is Cc1cccc2c1C1(c3ccccc3-c3ccccc31)c1ccccc1-2.c1ccc(-c2ccc3sc4ccc(-c5ccc(Nc6ccc(-c7cccc8c7c7ccccc7n8-c7ccccc7)cc6)cc5)cc4c3c2)cc1. The van der Waals surface area contributed by atoms with Crippen LogP contribution in [0.25, 0.3) is 103 Å². The van der Waals surface area contributed by atoms with Gasteiger partial charge in [0.15, 0.2) is 0 Å². The van der Waals surface area contributed by atoms with Gasteiger partial charge in [0.25, 0.3) is 0 Å². The molecule has 0 saturated carbocycles. The molecule has 16 rings (SSSR count). The molecule has 1 spiro atoms. The topological polar surface area (TPSA) is 17.0 Å². The first-order chi connectivity index (χ1) is 38.1. The lowest BCUT2D eigenvalue weighted by Gasteiger charge is -2.31.